The number of piperidine rings is 1. The number of nitrogens with zero attached hydrogens (tertiary/aromatic N) is 5. The van der Waals surface area contributed by atoms with Crippen LogP contribution in [-0.2, 0) is 0 Å². The van der Waals surface area contributed by atoms with Crippen LogP contribution in [0.1, 0.15) is 12.8 Å². The van der Waals surface area contributed by atoms with E-state index in [2.05, 4.69) is 37.2 Å². The minimum absolute atomic E-state index is 0.372. The van der Waals surface area contributed by atoms with Crippen molar-refractivity contribution in [1.29, 1.82) is 0 Å². The molecule has 3 aromatic heterocycles. The number of nitrogens with one attached hydrogen (secondary N) is 1. The van der Waals surface area contributed by atoms with Crippen molar-refractivity contribution in [2.24, 2.45) is 0 Å². The Hall–Kier alpha value is -2.80. The van der Waals surface area contributed by atoms with Crippen LogP contribution in [0.15, 0.2) is 36.7 Å². The number of nitrogen functional groups attached to an aromatic ring is 1. The largest absolute Gasteiger partial charge is 0.383 e. The van der Waals surface area contributed by atoms with Crippen LogP contribution in [0.4, 0.5) is 11.8 Å². The van der Waals surface area contributed by atoms with Gasteiger partial charge in [0.1, 0.15) is 5.82 Å². The van der Waals surface area contributed by atoms with Gasteiger partial charge in [-0.25, -0.2) is 4.98 Å². The molecule has 0 aromatic carbocycles. The number of rotatable bonds is 3. The minimum Gasteiger partial charge on any atom is -0.383 e. The van der Waals surface area contributed by atoms with Crippen molar-refractivity contribution < 1.29 is 0 Å². The van der Waals surface area contributed by atoms with Crippen LogP contribution in [0.3, 0.4) is 0 Å². The lowest BCUT2D eigenvalue weighted by Crippen LogP contribution is -2.37. The number of anilines is 2. The Morgan fingerprint density at radius 1 is 1.04 bits per heavy atom. The first kappa shape index (κ1) is 15.7. The zero-order valence-corrected chi connectivity index (χ0v) is 14.2. The summed E-state index contributed by atoms with van der Waals surface area (Å²) in [4.78, 5) is 20.0. The van der Waals surface area contributed by atoms with Gasteiger partial charge in [-0.05, 0) is 57.2 Å². The SMILES string of the molecule is CN1CCC(Nc2nc(N)c3ccc(-c4ccncc4)nc3n2)CC1. The molecular weight excluding hydrogens is 314 g/mol. The highest BCUT2D eigenvalue weighted by Gasteiger charge is 2.18. The van der Waals surface area contributed by atoms with Crippen molar-refractivity contribution in [3.8, 4) is 11.3 Å². The van der Waals surface area contributed by atoms with Gasteiger partial charge < -0.3 is 16.0 Å². The van der Waals surface area contributed by atoms with Crippen LogP contribution in [-0.4, -0.2) is 51.0 Å². The number of likely N-dealkylation sites (tertiary alicyclic amines) is 1. The van der Waals surface area contributed by atoms with E-state index in [-0.39, 0.29) is 0 Å². The fraction of sp³-hybridized carbons (Fsp3) is 0.333. The van der Waals surface area contributed by atoms with Crippen LogP contribution < -0.4 is 11.1 Å². The molecule has 1 fully saturated rings. The molecule has 3 N–H and O–H groups in total. The molecule has 0 spiro atoms. The molecule has 0 aliphatic carbocycles. The van der Waals surface area contributed by atoms with E-state index in [1.165, 1.54) is 0 Å². The number of nitrogens with two attached hydrogens (primary N) is 1. The maximum atomic E-state index is 6.12. The molecule has 1 aliphatic rings. The van der Waals surface area contributed by atoms with Crippen molar-refractivity contribution in [3.63, 3.8) is 0 Å². The van der Waals surface area contributed by atoms with Crippen LogP contribution in [0, 0.1) is 0 Å². The van der Waals surface area contributed by atoms with Crippen molar-refractivity contribution in [1.82, 2.24) is 24.8 Å². The molecule has 1 aliphatic heterocycles. The van der Waals surface area contributed by atoms with E-state index in [4.69, 9.17) is 5.73 Å². The summed E-state index contributed by atoms with van der Waals surface area (Å²) in [7, 11) is 2.14. The van der Waals surface area contributed by atoms with E-state index in [9.17, 15) is 0 Å². The maximum absolute atomic E-state index is 6.12. The Balaban J connectivity index is 1.65. The summed E-state index contributed by atoms with van der Waals surface area (Å²) in [6.07, 6.45) is 5.65. The molecule has 0 amide bonds. The summed E-state index contributed by atoms with van der Waals surface area (Å²) >= 11 is 0. The molecule has 4 rings (SSSR count). The van der Waals surface area contributed by atoms with Gasteiger partial charge in [0.25, 0.3) is 0 Å². The highest BCUT2D eigenvalue weighted by atomic mass is 15.2. The fourth-order valence-corrected chi connectivity index (χ4v) is 3.12. The van der Waals surface area contributed by atoms with E-state index >= 15 is 0 Å². The first-order valence-electron chi connectivity index (χ1n) is 8.49. The van der Waals surface area contributed by atoms with Crippen LogP contribution in [0.2, 0.25) is 0 Å². The molecular formula is C18H21N7. The Morgan fingerprint density at radius 2 is 1.80 bits per heavy atom. The lowest BCUT2D eigenvalue weighted by molar-refractivity contribution is 0.263. The molecule has 0 radical (unpaired) electrons. The van der Waals surface area contributed by atoms with Crippen molar-refractivity contribution in [2.45, 2.75) is 18.9 Å². The number of pyridine rings is 2. The summed E-state index contributed by atoms with van der Waals surface area (Å²) in [5.41, 5.74) is 8.58. The average Bonchev–Trinajstić information content (AvgIpc) is 2.64. The first-order valence-corrected chi connectivity index (χ1v) is 8.49. The smallest absolute Gasteiger partial charge is 0.226 e. The Morgan fingerprint density at radius 3 is 2.56 bits per heavy atom. The molecule has 3 aromatic rings. The van der Waals surface area contributed by atoms with Gasteiger partial charge >= 0.3 is 0 Å². The predicted molar refractivity (Wildman–Crippen MR) is 99.1 cm³/mol. The molecule has 25 heavy (non-hydrogen) atoms. The standard InChI is InChI=1S/C18H21N7/c1-25-10-6-13(7-11-25)21-18-23-16(19)14-2-3-15(22-17(14)24-18)12-4-8-20-9-5-12/h2-5,8-9,13H,6-7,10-11H2,1H3,(H3,19,21,22,23,24). The number of aromatic nitrogens is 4. The van der Waals surface area contributed by atoms with Crippen LogP contribution >= 0.6 is 0 Å². The van der Waals surface area contributed by atoms with Crippen LogP contribution in [0.5, 0.6) is 0 Å². The van der Waals surface area contributed by atoms with Gasteiger partial charge in [-0.3, -0.25) is 4.98 Å². The summed E-state index contributed by atoms with van der Waals surface area (Å²) in [5.74, 6) is 1.01. The summed E-state index contributed by atoms with van der Waals surface area (Å²) in [6, 6.07) is 8.08. The molecule has 128 valence electrons. The van der Waals surface area contributed by atoms with Gasteiger partial charge in [-0.2, -0.15) is 9.97 Å². The molecule has 0 saturated carbocycles. The minimum atomic E-state index is 0.372. The summed E-state index contributed by atoms with van der Waals surface area (Å²) in [6.45, 7) is 2.15. The topological polar surface area (TPSA) is 92.8 Å². The molecule has 0 bridgehead atoms. The third kappa shape index (κ3) is 3.36. The third-order valence-electron chi connectivity index (χ3n) is 4.62. The molecule has 0 unspecified atom stereocenters. The highest BCUT2D eigenvalue weighted by molar-refractivity contribution is 5.88. The zero-order chi connectivity index (χ0) is 17.2. The number of fused-ring (bicyclic) bond motifs is 1. The lowest BCUT2D eigenvalue weighted by atomic mass is 10.1. The summed E-state index contributed by atoms with van der Waals surface area (Å²) in [5, 5.41) is 4.18. The number of hydrogen-bond donors (Lipinski definition) is 2. The van der Waals surface area contributed by atoms with E-state index < -0.39 is 0 Å². The lowest BCUT2D eigenvalue weighted by Gasteiger charge is -2.29. The van der Waals surface area contributed by atoms with Gasteiger partial charge in [0.05, 0.1) is 11.1 Å². The van der Waals surface area contributed by atoms with Gasteiger partial charge in [-0.15, -0.1) is 0 Å². The molecule has 0 atom stereocenters. The Bertz CT molecular complexity index is 873. The third-order valence-corrected chi connectivity index (χ3v) is 4.62. The zero-order valence-electron chi connectivity index (χ0n) is 14.2. The van der Waals surface area contributed by atoms with E-state index in [0.717, 1.165) is 42.6 Å². The van der Waals surface area contributed by atoms with Crippen LogP contribution in [0.25, 0.3) is 22.3 Å². The second kappa shape index (κ2) is 6.60. The molecule has 4 heterocycles. The van der Waals surface area contributed by atoms with Crippen molar-refractivity contribution >= 4 is 22.8 Å². The molecule has 7 nitrogen and oxygen atoms in total. The normalized spacial score (nSPS) is 16.2. The van der Waals surface area contributed by atoms with Gasteiger partial charge in [0.15, 0.2) is 5.65 Å². The Labute approximate surface area is 146 Å². The second-order valence-electron chi connectivity index (χ2n) is 6.46. The van der Waals surface area contributed by atoms with Crippen molar-refractivity contribution in [2.75, 3.05) is 31.2 Å². The Kier molecular flexibility index (Phi) is 4.15. The fourth-order valence-electron chi connectivity index (χ4n) is 3.12. The second-order valence-corrected chi connectivity index (χ2v) is 6.46. The van der Waals surface area contributed by atoms with Crippen molar-refractivity contribution in [3.05, 3.63) is 36.7 Å². The van der Waals surface area contributed by atoms with Gasteiger partial charge in [0, 0.05) is 24.0 Å². The van der Waals surface area contributed by atoms with Gasteiger partial charge in [0.2, 0.25) is 5.95 Å². The first-order chi connectivity index (χ1) is 12.2. The summed E-state index contributed by atoms with van der Waals surface area (Å²) < 4.78 is 0. The van der Waals surface area contributed by atoms with E-state index in [1.807, 2.05) is 24.3 Å². The monoisotopic (exact) mass is 335 g/mol. The highest BCUT2D eigenvalue weighted by Crippen LogP contribution is 2.24. The molecule has 7 heteroatoms. The number of hydrogen-bond acceptors (Lipinski definition) is 7. The molecule has 1 saturated heterocycles. The predicted octanol–water partition coefficient (Wildman–Crippen LogP) is 2.18. The van der Waals surface area contributed by atoms with E-state index in [1.54, 1.807) is 12.4 Å². The van der Waals surface area contributed by atoms with E-state index in [0.29, 0.717) is 23.5 Å². The quantitative estimate of drug-likeness (QED) is 0.757. The maximum Gasteiger partial charge on any atom is 0.226 e. The van der Waals surface area contributed by atoms with Gasteiger partial charge in [-0.1, -0.05) is 0 Å². The average molecular weight is 335 g/mol.